The molecule has 0 fully saturated rings. The van der Waals surface area contributed by atoms with Gasteiger partial charge in [0.2, 0.25) is 0 Å². The Balaban J connectivity index is 2.82. The van der Waals surface area contributed by atoms with Crippen molar-refractivity contribution >= 4 is 12.6 Å². The molecule has 1 aromatic rings. The Morgan fingerprint density at radius 1 is 1.41 bits per heavy atom. The molecule has 96 valence electrons. The van der Waals surface area contributed by atoms with E-state index < -0.39 is 18.0 Å². The number of aliphatic hydroxyl groups is 2. The molecule has 0 aromatic heterocycles. The summed E-state index contributed by atoms with van der Waals surface area (Å²) in [5.74, 6) is -0.310. The summed E-state index contributed by atoms with van der Waals surface area (Å²) in [5.41, 5.74) is 0.0105. The van der Waals surface area contributed by atoms with Gasteiger partial charge in [-0.25, -0.2) is 4.39 Å². The summed E-state index contributed by atoms with van der Waals surface area (Å²) in [7, 11) is 1.46. The van der Waals surface area contributed by atoms with Gasteiger partial charge in [-0.3, -0.25) is 0 Å². The predicted octanol–water partition coefficient (Wildman–Crippen LogP) is 1.13. The van der Waals surface area contributed by atoms with Gasteiger partial charge in [-0.05, 0) is 12.1 Å². The average Bonchev–Trinajstić information content (AvgIpc) is 2.34. The maximum atomic E-state index is 13.6. The molecule has 0 amide bonds. The van der Waals surface area contributed by atoms with E-state index in [4.69, 9.17) is 4.74 Å². The van der Waals surface area contributed by atoms with Crippen molar-refractivity contribution in [1.29, 1.82) is 0 Å². The first-order valence-electron chi connectivity index (χ1n) is 4.98. The van der Waals surface area contributed by atoms with Gasteiger partial charge >= 0.3 is 0 Å². The van der Waals surface area contributed by atoms with Crippen LogP contribution in [0.3, 0.4) is 0 Å². The third kappa shape index (κ3) is 3.85. The SMILES string of the molecule is COCOc1ccc(C(O)C(O)CS)c(F)c1. The molecule has 0 radical (unpaired) electrons. The number of halogens is 1. The highest BCUT2D eigenvalue weighted by molar-refractivity contribution is 7.80. The largest absolute Gasteiger partial charge is 0.467 e. The zero-order chi connectivity index (χ0) is 12.8. The molecule has 0 aliphatic carbocycles. The number of thiol groups is 1. The molecule has 0 spiro atoms. The minimum atomic E-state index is -1.30. The Kier molecular flexibility index (Phi) is 5.70. The van der Waals surface area contributed by atoms with Crippen LogP contribution in [-0.2, 0) is 4.74 Å². The number of methoxy groups -OCH3 is 1. The van der Waals surface area contributed by atoms with Crippen LogP contribution in [0.1, 0.15) is 11.7 Å². The van der Waals surface area contributed by atoms with Crippen LogP contribution in [0.4, 0.5) is 4.39 Å². The zero-order valence-corrected chi connectivity index (χ0v) is 10.2. The molecule has 0 saturated carbocycles. The third-order valence-electron chi connectivity index (χ3n) is 2.19. The first-order chi connectivity index (χ1) is 8.10. The molecule has 0 heterocycles. The highest BCUT2D eigenvalue weighted by Crippen LogP contribution is 2.24. The van der Waals surface area contributed by atoms with E-state index in [0.29, 0.717) is 5.75 Å². The molecule has 1 rings (SSSR count). The Bertz CT molecular complexity index is 361. The van der Waals surface area contributed by atoms with E-state index in [0.717, 1.165) is 6.07 Å². The number of ether oxygens (including phenoxy) is 2. The minimum Gasteiger partial charge on any atom is -0.467 e. The van der Waals surface area contributed by atoms with Crippen molar-refractivity contribution in [3.63, 3.8) is 0 Å². The molecule has 0 saturated heterocycles. The number of hydrogen-bond acceptors (Lipinski definition) is 5. The summed E-state index contributed by atoms with van der Waals surface area (Å²) in [5, 5.41) is 19.0. The molecule has 4 nitrogen and oxygen atoms in total. The van der Waals surface area contributed by atoms with E-state index in [1.807, 2.05) is 0 Å². The zero-order valence-electron chi connectivity index (χ0n) is 9.34. The van der Waals surface area contributed by atoms with Crippen molar-refractivity contribution < 1.29 is 24.1 Å². The van der Waals surface area contributed by atoms with Crippen molar-refractivity contribution in [3.8, 4) is 5.75 Å². The fourth-order valence-corrected chi connectivity index (χ4v) is 1.47. The van der Waals surface area contributed by atoms with Crippen LogP contribution in [0.15, 0.2) is 18.2 Å². The smallest absolute Gasteiger partial charge is 0.188 e. The molecular weight excluding hydrogens is 247 g/mol. The highest BCUT2D eigenvalue weighted by Gasteiger charge is 2.20. The summed E-state index contributed by atoms with van der Waals surface area (Å²) in [6.45, 7) is 0.0145. The van der Waals surface area contributed by atoms with Gasteiger partial charge in [-0.15, -0.1) is 0 Å². The van der Waals surface area contributed by atoms with Crippen LogP contribution in [-0.4, -0.2) is 36.0 Å². The van der Waals surface area contributed by atoms with Crippen molar-refractivity contribution in [1.82, 2.24) is 0 Å². The van der Waals surface area contributed by atoms with Crippen LogP contribution < -0.4 is 4.74 Å². The first kappa shape index (κ1) is 14.2. The van der Waals surface area contributed by atoms with E-state index >= 15 is 0 Å². The average molecular weight is 262 g/mol. The lowest BCUT2D eigenvalue weighted by Gasteiger charge is -2.17. The molecule has 2 unspecified atom stereocenters. The fraction of sp³-hybridized carbons (Fsp3) is 0.455. The topological polar surface area (TPSA) is 58.9 Å². The predicted molar refractivity (Wildman–Crippen MR) is 63.7 cm³/mol. The summed E-state index contributed by atoms with van der Waals surface area (Å²) >= 11 is 3.83. The van der Waals surface area contributed by atoms with Gasteiger partial charge in [0.1, 0.15) is 17.7 Å². The molecule has 2 atom stereocenters. The standard InChI is InChI=1S/C11H15FO4S/c1-15-6-16-7-2-3-8(9(12)4-7)11(14)10(13)5-17/h2-4,10-11,13-14,17H,5-6H2,1H3. The van der Waals surface area contributed by atoms with Crippen molar-refractivity contribution in [2.45, 2.75) is 12.2 Å². The second-order valence-corrected chi connectivity index (χ2v) is 3.79. The number of benzene rings is 1. The quantitative estimate of drug-likeness (QED) is 0.531. The maximum Gasteiger partial charge on any atom is 0.188 e. The van der Waals surface area contributed by atoms with Gasteiger partial charge < -0.3 is 19.7 Å². The summed E-state index contributed by atoms with van der Waals surface area (Å²) < 4.78 is 23.3. The second-order valence-electron chi connectivity index (χ2n) is 3.43. The van der Waals surface area contributed by atoms with Crippen LogP contribution in [0, 0.1) is 5.82 Å². The summed E-state index contributed by atoms with van der Waals surface area (Å²) in [6, 6.07) is 3.98. The monoisotopic (exact) mass is 262 g/mol. The normalized spacial score (nSPS) is 14.4. The van der Waals surface area contributed by atoms with E-state index in [9.17, 15) is 14.6 Å². The van der Waals surface area contributed by atoms with Crippen LogP contribution >= 0.6 is 12.6 Å². The summed E-state index contributed by atoms with van der Waals surface area (Å²) in [6.07, 6.45) is -2.41. The second kappa shape index (κ2) is 6.80. The van der Waals surface area contributed by atoms with Gasteiger partial charge in [-0.1, -0.05) is 0 Å². The fourth-order valence-electron chi connectivity index (χ4n) is 1.27. The molecule has 6 heteroatoms. The van der Waals surface area contributed by atoms with Crippen molar-refractivity contribution in [2.75, 3.05) is 19.7 Å². The lowest BCUT2D eigenvalue weighted by molar-refractivity contribution is 0.0310. The molecule has 17 heavy (non-hydrogen) atoms. The number of hydrogen-bond donors (Lipinski definition) is 3. The Morgan fingerprint density at radius 3 is 2.65 bits per heavy atom. The summed E-state index contributed by atoms with van der Waals surface area (Å²) in [4.78, 5) is 0. The number of aliphatic hydroxyl groups excluding tert-OH is 2. The van der Waals surface area contributed by atoms with Crippen molar-refractivity contribution in [3.05, 3.63) is 29.6 Å². The Hall–Kier alpha value is -0.820. The van der Waals surface area contributed by atoms with Crippen LogP contribution in [0.5, 0.6) is 5.75 Å². The number of rotatable bonds is 6. The van der Waals surface area contributed by atoms with Crippen molar-refractivity contribution in [2.24, 2.45) is 0 Å². The molecule has 2 N–H and O–H groups in total. The van der Waals surface area contributed by atoms with Gasteiger partial charge in [0.05, 0.1) is 6.10 Å². The Morgan fingerprint density at radius 2 is 2.12 bits per heavy atom. The highest BCUT2D eigenvalue weighted by atomic mass is 32.1. The van der Waals surface area contributed by atoms with Crippen LogP contribution in [0.25, 0.3) is 0 Å². The van der Waals surface area contributed by atoms with Gasteiger partial charge in [0, 0.05) is 24.5 Å². The molecular formula is C11H15FO4S. The lowest BCUT2D eigenvalue weighted by atomic mass is 10.0. The molecule has 0 aliphatic rings. The minimum absolute atomic E-state index is 0.0105. The third-order valence-corrected chi connectivity index (χ3v) is 2.56. The van der Waals surface area contributed by atoms with Gasteiger partial charge in [-0.2, -0.15) is 12.6 Å². The van der Waals surface area contributed by atoms with E-state index in [1.165, 1.54) is 19.2 Å². The van der Waals surface area contributed by atoms with E-state index in [2.05, 4.69) is 17.4 Å². The Labute approximate surface area is 104 Å². The lowest BCUT2D eigenvalue weighted by Crippen LogP contribution is -2.20. The molecule has 0 bridgehead atoms. The van der Waals surface area contributed by atoms with Crippen LogP contribution in [0.2, 0.25) is 0 Å². The van der Waals surface area contributed by atoms with Gasteiger partial charge in [0.25, 0.3) is 0 Å². The first-order valence-corrected chi connectivity index (χ1v) is 5.61. The van der Waals surface area contributed by atoms with E-state index in [-0.39, 0.29) is 18.1 Å². The van der Waals surface area contributed by atoms with Gasteiger partial charge in [0.15, 0.2) is 6.79 Å². The van der Waals surface area contributed by atoms with E-state index in [1.54, 1.807) is 0 Å². The molecule has 0 aliphatic heterocycles. The maximum absolute atomic E-state index is 13.6. The molecule has 1 aromatic carbocycles.